The topological polar surface area (TPSA) is 46.9 Å². The molecule has 0 spiro atoms. The van der Waals surface area contributed by atoms with Gasteiger partial charge < -0.3 is 5.32 Å². The molecule has 0 atom stereocenters. The first-order valence-corrected chi connectivity index (χ1v) is 8.27. The van der Waals surface area contributed by atoms with Crippen LogP contribution >= 0.6 is 34.5 Å². The van der Waals surface area contributed by atoms with E-state index in [1.54, 1.807) is 23.0 Å². The van der Waals surface area contributed by atoms with Crippen molar-refractivity contribution in [1.82, 2.24) is 9.78 Å². The number of hydrogen-bond acceptors (Lipinski definition) is 3. The number of amides is 1. The summed E-state index contributed by atoms with van der Waals surface area (Å²) in [6.07, 6.45) is 1.65. The molecule has 1 amide bonds. The summed E-state index contributed by atoms with van der Waals surface area (Å²) in [7, 11) is 0. The fraction of sp³-hybridized carbons (Fsp3) is 0.200. The zero-order chi connectivity index (χ0) is 15.9. The molecular weight excluding hydrogens is 341 g/mol. The van der Waals surface area contributed by atoms with Crippen LogP contribution in [-0.2, 0) is 0 Å². The van der Waals surface area contributed by atoms with Crippen LogP contribution in [0.15, 0.2) is 30.5 Å². The van der Waals surface area contributed by atoms with E-state index >= 15 is 0 Å². The molecule has 0 saturated carbocycles. The minimum absolute atomic E-state index is 0.155. The quantitative estimate of drug-likeness (QED) is 0.699. The third-order valence-electron chi connectivity index (χ3n) is 3.20. The largest absolute Gasteiger partial charge is 0.306 e. The molecule has 0 aliphatic carbocycles. The van der Waals surface area contributed by atoms with Gasteiger partial charge in [0.1, 0.15) is 10.7 Å². The van der Waals surface area contributed by atoms with Crippen LogP contribution in [0.4, 0.5) is 5.82 Å². The molecule has 0 bridgehead atoms. The van der Waals surface area contributed by atoms with E-state index < -0.39 is 0 Å². The monoisotopic (exact) mass is 353 g/mol. The molecule has 0 fully saturated rings. The summed E-state index contributed by atoms with van der Waals surface area (Å²) in [4.78, 5) is 13.0. The number of nitrogens with one attached hydrogen (secondary N) is 1. The lowest BCUT2D eigenvalue weighted by Crippen LogP contribution is -2.16. The van der Waals surface area contributed by atoms with Crippen molar-refractivity contribution < 1.29 is 4.79 Å². The van der Waals surface area contributed by atoms with Crippen LogP contribution in [0.3, 0.4) is 0 Å². The van der Waals surface area contributed by atoms with E-state index in [-0.39, 0.29) is 11.9 Å². The molecule has 0 saturated heterocycles. The molecule has 3 aromatic rings. The van der Waals surface area contributed by atoms with Gasteiger partial charge in [-0.3, -0.25) is 4.79 Å². The maximum Gasteiger partial charge on any atom is 0.268 e. The van der Waals surface area contributed by atoms with Crippen molar-refractivity contribution >= 4 is 56.3 Å². The molecule has 114 valence electrons. The second-order valence-corrected chi connectivity index (χ2v) is 6.96. The van der Waals surface area contributed by atoms with E-state index in [0.717, 1.165) is 10.1 Å². The highest BCUT2D eigenvalue weighted by Crippen LogP contribution is 2.37. The molecule has 3 rings (SSSR count). The van der Waals surface area contributed by atoms with Crippen molar-refractivity contribution in [3.05, 3.63) is 45.4 Å². The van der Waals surface area contributed by atoms with Gasteiger partial charge in [0.05, 0.1) is 11.2 Å². The Morgan fingerprint density at radius 3 is 2.82 bits per heavy atom. The summed E-state index contributed by atoms with van der Waals surface area (Å²) in [5, 5.41) is 8.95. The Labute approximate surface area is 141 Å². The maximum atomic E-state index is 12.5. The summed E-state index contributed by atoms with van der Waals surface area (Å²) in [6, 6.07) is 7.31. The normalized spacial score (nSPS) is 11.3. The smallest absolute Gasteiger partial charge is 0.268 e. The molecule has 22 heavy (non-hydrogen) atoms. The second-order valence-electron chi connectivity index (χ2n) is 5.09. The van der Waals surface area contributed by atoms with Gasteiger partial charge in [-0.05, 0) is 26.0 Å². The van der Waals surface area contributed by atoms with Gasteiger partial charge in [0.25, 0.3) is 5.91 Å². The average molecular weight is 354 g/mol. The highest BCUT2D eigenvalue weighted by atomic mass is 35.5. The number of carbonyl (C=O) groups excluding carboxylic acids is 1. The van der Waals surface area contributed by atoms with Crippen LogP contribution in [0.2, 0.25) is 10.0 Å². The Hall–Kier alpha value is -1.56. The molecule has 7 heteroatoms. The molecule has 4 nitrogen and oxygen atoms in total. The van der Waals surface area contributed by atoms with Gasteiger partial charge in [0.2, 0.25) is 0 Å². The summed E-state index contributed by atoms with van der Waals surface area (Å²) in [5.41, 5.74) is 0. The van der Waals surface area contributed by atoms with Gasteiger partial charge in [0.15, 0.2) is 0 Å². The van der Waals surface area contributed by atoms with Gasteiger partial charge in [0, 0.05) is 27.2 Å². The fourth-order valence-electron chi connectivity index (χ4n) is 2.18. The molecule has 0 aliphatic rings. The highest BCUT2D eigenvalue weighted by molar-refractivity contribution is 7.21. The van der Waals surface area contributed by atoms with Crippen molar-refractivity contribution in [2.45, 2.75) is 19.9 Å². The molecule has 0 radical (unpaired) electrons. The first-order chi connectivity index (χ1) is 10.5. The molecular formula is C15H13Cl2N3OS. The summed E-state index contributed by atoms with van der Waals surface area (Å²) >= 11 is 13.6. The number of thiophene rings is 1. The lowest BCUT2D eigenvalue weighted by molar-refractivity contribution is 0.102. The van der Waals surface area contributed by atoms with Gasteiger partial charge in [-0.25, -0.2) is 4.68 Å². The summed E-state index contributed by atoms with van der Waals surface area (Å²) in [5.74, 6) is 0.399. The molecule has 0 unspecified atom stereocenters. The zero-order valence-corrected chi connectivity index (χ0v) is 14.3. The number of rotatable bonds is 3. The predicted molar refractivity (Wildman–Crippen MR) is 92.4 cm³/mol. The molecule has 2 aromatic heterocycles. The van der Waals surface area contributed by atoms with Crippen LogP contribution in [0.25, 0.3) is 10.1 Å². The molecule has 1 aromatic carbocycles. The van der Waals surface area contributed by atoms with Crippen LogP contribution in [0.5, 0.6) is 0 Å². The standard InChI is InChI=1S/C15H13Cl2N3OS/c1-8(2)20-12(5-6-18-20)19-15(21)14-13(17)10-4-3-9(16)7-11(10)22-14/h3-8H,1-2H3,(H,19,21). The van der Waals surface area contributed by atoms with Crippen molar-refractivity contribution in [2.75, 3.05) is 5.32 Å². The number of halogens is 2. The number of aromatic nitrogens is 2. The average Bonchev–Trinajstić information content (AvgIpc) is 3.03. The predicted octanol–water partition coefficient (Wildman–Crippen LogP) is 5.24. The Kier molecular flexibility index (Phi) is 4.12. The van der Waals surface area contributed by atoms with Crippen molar-refractivity contribution in [2.24, 2.45) is 0 Å². The Bertz CT molecular complexity index is 854. The summed E-state index contributed by atoms with van der Waals surface area (Å²) < 4.78 is 2.63. The minimum Gasteiger partial charge on any atom is -0.306 e. The van der Waals surface area contributed by atoms with Crippen LogP contribution in [0, 0.1) is 0 Å². The first kappa shape index (κ1) is 15.3. The number of fused-ring (bicyclic) bond motifs is 1. The van der Waals surface area contributed by atoms with E-state index in [2.05, 4.69) is 10.4 Å². The van der Waals surface area contributed by atoms with Gasteiger partial charge in [-0.1, -0.05) is 29.3 Å². The van der Waals surface area contributed by atoms with Gasteiger partial charge in [-0.2, -0.15) is 5.10 Å². The third-order valence-corrected chi connectivity index (χ3v) is 5.09. The number of benzene rings is 1. The Balaban J connectivity index is 1.95. The van der Waals surface area contributed by atoms with Crippen molar-refractivity contribution in [1.29, 1.82) is 0 Å². The van der Waals surface area contributed by atoms with E-state index in [4.69, 9.17) is 23.2 Å². The Morgan fingerprint density at radius 2 is 2.09 bits per heavy atom. The van der Waals surface area contributed by atoms with E-state index in [9.17, 15) is 4.79 Å². The fourth-order valence-corrected chi connectivity index (χ4v) is 3.87. The van der Waals surface area contributed by atoms with E-state index in [1.807, 2.05) is 26.0 Å². The zero-order valence-electron chi connectivity index (χ0n) is 11.9. The number of anilines is 1. The number of hydrogen-bond donors (Lipinski definition) is 1. The van der Waals surface area contributed by atoms with Crippen LogP contribution < -0.4 is 5.32 Å². The molecule has 0 aliphatic heterocycles. The molecule has 2 heterocycles. The lowest BCUT2D eigenvalue weighted by atomic mass is 10.2. The minimum atomic E-state index is -0.246. The van der Waals surface area contributed by atoms with Gasteiger partial charge in [-0.15, -0.1) is 11.3 Å². The highest BCUT2D eigenvalue weighted by Gasteiger charge is 2.19. The summed E-state index contributed by atoms with van der Waals surface area (Å²) in [6.45, 7) is 3.99. The van der Waals surface area contributed by atoms with Crippen LogP contribution in [-0.4, -0.2) is 15.7 Å². The van der Waals surface area contributed by atoms with E-state index in [0.29, 0.717) is 20.7 Å². The SMILES string of the molecule is CC(C)n1nccc1NC(=O)c1sc2cc(Cl)ccc2c1Cl. The van der Waals surface area contributed by atoms with Crippen molar-refractivity contribution in [3.8, 4) is 0 Å². The number of nitrogens with zero attached hydrogens (tertiary/aromatic N) is 2. The van der Waals surface area contributed by atoms with Crippen LogP contribution in [0.1, 0.15) is 29.6 Å². The van der Waals surface area contributed by atoms with Crippen molar-refractivity contribution in [3.63, 3.8) is 0 Å². The number of carbonyl (C=O) groups is 1. The van der Waals surface area contributed by atoms with Gasteiger partial charge >= 0.3 is 0 Å². The first-order valence-electron chi connectivity index (χ1n) is 6.70. The lowest BCUT2D eigenvalue weighted by Gasteiger charge is -2.11. The second kappa shape index (κ2) is 5.91. The maximum absolute atomic E-state index is 12.5. The third kappa shape index (κ3) is 2.72. The van der Waals surface area contributed by atoms with E-state index in [1.165, 1.54) is 11.3 Å². The molecule has 1 N–H and O–H groups in total. The Morgan fingerprint density at radius 1 is 1.32 bits per heavy atom.